The monoisotopic (exact) mass is 412 g/mol. The van der Waals surface area contributed by atoms with Gasteiger partial charge in [-0.25, -0.2) is 12.8 Å². The molecule has 0 bridgehead atoms. The molecule has 0 heterocycles. The first-order valence-electron chi connectivity index (χ1n) is 8.58. The van der Waals surface area contributed by atoms with Gasteiger partial charge in [0.25, 0.3) is 10.0 Å². The van der Waals surface area contributed by atoms with Crippen LogP contribution in [0.1, 0.15) is 26.7 Å². The van der Waals surface area contributed by atoms with Crippen LogP contribution in [-0.4, -0.2) is 26.9 Å². The number of amides is 1. The summed E-state index contributed by atoms with van der Waals surface area (Å²) in [4.78, 5) is 12.4. The third-order valence-corrected chi connectivity index (χ3v) is 6.02. The molecule has 0 fully saturated rings. The van der Waals surface area contributed by atoms with E-state index >= 15 is 0 Å². The molecule has 2 aromatic carbocycles. The van der Waals surface area contributed by atoms with Crippen molar-refractivity contribution in [1.29, 1.82) is 0 Å². The highest BCUT2D eigenvalue weighted by atomic mass is 35.5. The summed E-state index contributed by atoms with van der Waals surface area (Å²) in [7, 11) is -4.04. The maximum Gasteiger partial charge on any atom is 0.264 e. The molecule has 0 saturated heterocycles. The maximum absolute atomic E-state index is 13.5. The molecule has 1 N–H and O–H groups in total. The number of benzene rings is 2. The number of halogens is 2. The third kappa shape index (κ3) is 5.43. The first kappa shape index (κ1) is 21.2. The Balaban J connectivity index is 2.40. The lowest BCUT2D eigenvalue weighted by molar-refractivity contribution is -0.120. The highest BCUT2D eigenvalue weighted by molar-refractivity contribution is 7.92. The molecule has 146 valence electrons. The predicted molar refractivity (Wildman–Crippen MR) is 105 cm³/mol. The minimum absolute atomic E-state index is 0.0276. The van der Waals surface area contributed by atoms with Crippen molar-refractivity contribution in [2.75, 3.05) is 10.8 Å². The predicted octanol–water partition coefficient (Wildman–Crippen LogP) is 3.98. The first-order chi connectivity index (χ1) is 12.8. The second-order valence-electron chi connectivity index (χ2n) is 6.18. The summed E-state index contributed by atoms with van der Waals surface area (Å²) in [5.41, 5.74) is 0.114. The van der Waals surface area contributed by atoms with Gasteiger partial charge in [0.05, 0.1) is 15.6 Å². The average Bonchev–Trinajstić information content (AvgIpc) is 2.63. The lowest BCUT2D eigenvalue weighted by Gasteiger charge is -2.25. The van der Waals surface area contributed by atoms with Crippen LogP contribution in [0.5, 0.6) is 0 Å². The standard InChI is InChI=1S/C19H22ClFN2O3S/c1-3-7-14(2)22-19(24)13-23(15-10-11-18(21)17(20)12-15)27(25,26)16-8-5-4-6-9-16/h4-6,8-12,14H,3,7,13H2,1-2H3,(H,22,24)/t14-/m1/s1. The fourth-order valence-corrected chi connectivity index (χ4v) is 4.24. The van der Waals surface area contributed by atoms with E-state index in [9.17, 15) is 17.6 Å². The average molecular weight is 413 g/mol. The molecular weight excluding hydrogens is 391 g/mol. The fourth-order valence-electron chi connectivity index (χ4n) is 2.63. The SMILES string of the molecule is CCC[C@@H](C)NC(=O)CN(c1ccc(F)c(Cl)c1)S(=O)(=O)c1ccccc1. The van der Waals surface area contributed by atoms with Crippen LogP contribution >= 0.6 is 11.6 Å². The van der Waals surface area contributed by atoms with E-state index in [1.54, 1.807) is 18.2 Å². The van der Waals surface area contributed by atoms with Crippen LogP contribution in [0.15, 0.2) is 53.4 Å². The van der Waals surface area contributed by atoms with Crippen molar-refractivity contribution in [2.24, 2.45) is 0 Å². The van der Waals surface area contributed by atoms with Gasteiger partial charge in [0.2, 0.25) is 5.91 Å². The van der Waals surface area contributed by atoms with Gasteiger partial charge in [0.1, 0.15) is 12.4 Å². The zero-order valence-corrected chi connectivity index (χ0v) is 16.7. The molecule has 0 aliphatic carbocycles. The number of anilines is 1. The zero-order valence-electron chi connectivity index (χ0n) is 15.2. The molecule has 1 amide bonds. The van der Waals surface area contributed by atoms with Crippen molar-refractivity contribution < 1.29 is 17.6 Å². The zero-order chi connectivity index (χ0) is 20.0. The van der Waals surface area contributed by atoms with Crippen molar-refractivity contribution in [1.82, 2.24) is 5.32 Å². The molecular formula is C19H22ClFN2O3S. The molecule has 0 radical (unpaired) electrons. The van der Waals surface area contributed by atoms with Gasteiger partial charge >= 0.3 is 0 Å². The van der Waals surface area contributed by atoms with Crippen molar-refractivity contribution >= 4 is 33.2 Å². The molecule has 0 saturated carbocycles. The van der Waals surface area contributed by atoms with E-state index < -0.39 is 28.3 Å². The Labute approximate surface area is 164 Å². The summed E-state index contributed by atoms with van der Waals surface area (Å²) in [6.07, 6.45) is 1.67. The molecule has 5 nitrogen and oxygen atoms in total. The van der Waals surface area contributed by atoms with E-state index in [0.717, 1.165) is 23.2 Å². The van der Waals surface area contributed by atoms with Crippen molar-refractivity contribution in [3.05, 3.63) is 59.4 Å². The molecule has 2 aromatic rings. The number of carbonyl (C=O) groups is 1. The van der Waals surface area contributed by atoms with Crippen LogP contribution in [0.4, 0.5) is 10.1 Å². The molecule has 0 spiro atoms. The molecule has 0 aliphatic rings. The van der Waals surface area contributed by atoms with Crippen LogP contribution in [0, 0.1) is 5.82 Å². The van der Waals surface area contributed by atoms with Gasteiger partial charge in [-0.2, -0.15) is 0 Å². The Kier molecular flexibility index (Phi) is 7.21. The van der Waals surface area contributed by atoms with Crippen molar-refractivity contribution in [3.63, 3.8) is 0 Å². The second-order valence-corrected chi connectivity index (χ2v) is 8.45. The van der Waals surface area contributed by atoms with Gasteiger partial charge in [-0.15, -0.1) is 0 Å². The number of rotatable bonds is 8. The number of carbonyl (C=O) groups excluding carboxylic acids is 1. The van der Waals surface area contributed by atoms with E-state index in [-0.39, 0.29) is 21.6 Å². The number of sulfonamides is 1. The summed E-state index contributed by atoms with van der Waals surface area (Å²) < 4.78 is 40.6. The van der Waals surface area contributed by atoms with Crippen molar-refractivity contribution in [2.45, 2.75) is 37.6 Å². The summed E-state index contributed by atoms with van der Waals surface area (Å²) >= 11 is 5.82. The first-order valence-corrected chi connectivity index (χ1v) is 10.4. The number of nitrogens with one attached hydrogen (secondary N) is 1. The fraction of sp³-hybridized carbons (Fsp3) is 0.316. The third-order valence-electron chi connectivity index (χ3n) is 3.94. The number of nitrogens with zero attached hydrogens (tertiary/aromatic N) is 1. The van der Waals surface area contributed by atoms with Crippen LogP contribution in [0.2, 0.25) is 5.02 Å². The van der Waals surface area contributed by atoms with E-state index in [1.807, 2.05) is 13.8 Å². The van der Waals surface area contributed by atoms with Crippen LogP contribution in [0.3, 0.4) is 0 Å². The largest absolute Gasteiger partial charge is 0.352 e. The Bertz CT molecular complexity index is 891. The maximum atomic E-state index is 13.5. The van der Waals surface area contributed by atoms with Gasteiger partial charge < -0.3 is 5.32 Å². The van der Waals surface area contributed by atoms with E-state index in [2.05, 4.69) is 5.32 Å². The van der Waals surface area contributed by atoms with Gasteiger partial charge in [0.15, 0.2) is 0 Å². The lowest BCUT2D eigenvalue weighted by Crippen LogP contribution is -2.43. The number of hydrogen-bond acceptors (Lipinski definition) is 3. The Morgan fingerprint density at radius 2 is 1.89 bits per heavy atom. The molecule has 27 heavy (non-hydrogen) atoms. The van der Waals surface area contributed by atoms with E-state index in [4.69, 9.17) is 11.6 Å². The van der Waals surface area contributed by atoms with Gasteiger partial charge in [0, 0.05) is 6.04 Å². The van der Waals surface area contributed by atoms with E-state index in [0.29, 0.717) is 0 Å². The van der Waals surface area contributed by atoms with Crippen LogP contribution in [-0.2, 0) is 14.8 Å². The number of hydrogen-bond donors (Lipinski definition) is 1. The second kappa shape index (κ2) is 9.19. The minimum atomic E-state index is -4.04. The molecule has 0 unspecified atom stereocenters. The van der Waals surface area contributed by atoms with E-state index in [1.165, 1.54) is 24.3 Å². The summed E-state index contributed by atoms with van der Waals surface area (Å²) in [6.45, 7) is 3.41. The van der Waals surface area contributed by atoms with Gasteiger partial charge in [-0.1, -0.05) is 43.1 Å². The Hall–Kier alpha value is -2.12. The smallest absolute Gasteiger partial charge is 0.264 e. The lowest BCUT2D eigenvalue weighted by atomic mass is 10.2. The summed E-state index contributed by atoms with van der Waals surface area (Å²) in [5.74, 6) is -1.12. The molecule has 0 aromatic heterocycles. The van der Waals surface area contributed by atoms with Crippen LogP contribution in [0.25, 0.3) is 0 Å². The Morgan fingerprint density at radius 3 is 2.48 bits per heavy atom. The van der Waals surface area contributed by atoms with Gasteiger partial charge in [-0.3, -0.25) is 9.10 Å². The quantitative estimate of drug-likeness (QED) is 0.713. The van der Waals surface area contributed by atoms with Gasteiger partial charge in [-0.05, 0) is 43.7 Å². The summed E-state index contributed by atoms with van der Waals surface area (Å²) in [5, 5.41) is 2.56. The highest BCUT2D eigenvalue weighted by Crippen LogP contribution is 2.27. The minimum Gasteiger partial charge on any atom is -0.352 e. The molecule has 8 heteroatoms. The molecule has 2 rings (SSSR count). The highest BCUT2D eigenvalue weighted by Gasteiger charge is 2.28. The Morgan fingerprint density at radius 1 is 1.22 bits per heavy atom. The van der Waals surface area contributed by atoms with Crippen LogP contribution < -0.4 is 9.62 Å². The topological polar surface area (TPSA) is 66.5 Å². The molecule has 0 aliphatic heterocycles. The normalized spacial score (nSPS) is 12.4. The van der Waals surface area contributed by atoms with Crippen molar-refractivity contribution in [3.8, 4) is 0 Å². The summed E-state index contributed by atoms with van der Waals surface area (Å²) in [6, 6.07) is 11.2. The molecule has 1 atom stereocenters.